The lowest BCUT2D eigenvalue weighted by Gasteiger charge is -2.13. The summed E-state index contributed by atoms with van der Waals surface area (Å²) in [7, 11) is 0. The lowest BCUT2D eigenvalue weighted by atomic mass is 10.4. The molecule has 0 radical (unpaired) electrons. The van der Waals surface area contributed by atoms with E-state index in [1.165, 1.54) is 6.08 Å². The molecule has 0 aliphatic carbocycles. The Morgan fingerprint density at radius 2 is 2.08 bits per heavy atom. The predicted octanol–water partition coefficient (Wildman–Crippen LogP) is 0.778. The summed E-state index contributed by atoms with van der Waals surface area (Å²) in [6, 6.07) is 0. The summed E-state index contributed by atoms with van der Waals surface area (Å²) in [5.41, 5.74) is 0. The van der Waals surface area contributed by atoms with Crippen LogP contribution >= 0.6 is 0 Å². The first-order valence-corrected chi connectivity index (χ1v) is 4.07. The minimum absolute atomic E-state index is 0.000417. The summed E-state index contributed by atoms with van der Waals surface area (Å²) in [6.45, 7) is 9.95. The van der Waals surface area contributed by atoms with E-state index in [2.05, 4.69) is 0 Å². The van der Waals surface area contributed by atoms with Crippen LogP contribution in [0.1, 0.15) is 13.8 Å². The zero-order chi connectivity index (χ0) is 9.40. The van der Waals surface area contributed by atoms with E-state index in [4.69, 9.17) is 21.2 Å². The number of hydrogen-bond donors (Lipinski definition) is 1. The summed E-state index contributed by atoms with van der Waals surface area (Å²) in [5.74, 6) is 0. The number of aliphatic hydroxyl groups excluding tert-OH is 1. The first kappa shape index (κ1) is 11.5. The van der Waals surface area contributed by atoms with E-state index in [0.29, 0.717) is 19.8 Å². The second-order valence-electron chi connectivity index (χ2n) is 2.77. The number of ether oxygens (including phenoxy) is 2. The molecule has 12 heavy (non-hydrogen) atoms. The maximum atomic E-state index is 8.88. The van der Waals surface area contributed by atoms with E-state index in [9.17, 15) is 0 Å². The van der Waals surface area contributed by atoms with Gasteiger partial charge in [0.15, 0.2) is 6.08 Å². The highest BCUT2D eigenvalue weighted by molar-refractivity contribution is 4.60. The van der Waals surface area contributed by atoms with Gasteiger partial charge in [0.1, 0.15) is 6.61 Å². The predicted molar refractivity (Wildman–Crippen MR) is 46.8 cm³/mol. The van der Waals surface area contributed by atoms with E-state index < -0.39 is 6.10 Å². The largest absolute Gasteiger partial charge is 0.391 e. The van der Waals surface area contributed by atoms with Gasteiger partial charge >= 0.3 is 0 Å². The summed E-state index contributed by atoms with van der Waals surface area (Å²) < 4.78 is 10.3. The molecule has 0 spiro atoms. The standard InChI is InChI=1S/C9H17O3/c1-4-5-11-7-9(3)12-6-8(2)10/h1,4,8-10H,5-7H2,2-3H3/q+1. The highest BCUT2D eigenvalue weighted by atomic mass is 16.5. The molecule has 0 aliphatic rings. The molecule has 0 saturated heterocycles. The molecule has 0 fully saturated rings. The summed E-state index contributed by atoms with van der Waals surface area (Å²) in [6.07, 6.45) is 1.02. The van der Waals surface area contributed by atoms with E-state index in [1.807, 2.05) is 6.92 Å². The van der Waals surface area contributed by atoms with Crippen LogP contribution in [0.5, 0.6) is 0 Å². The summed E-state index contributed by atoms with van der Waals surface area (Å²) in [5, 5.41) is 8.88. The van der Waals surface area contributed by atoms with Gasteiger partial charge in [0.05, 0.1) is 25.4 Å². The van der Waals surface area contributed by atoms with Gasteiger partial charge in [-0.3, -0.25) is 0 Å². The Labute approximate surface area is 74.0 Å². The van der Waals surface area contributed by atoms with Crippen molar-refractivity contribution in [3.05, 3.63) is 12.7 Å². The van der Waals surface area contributed by atoms with Crippen LogP contribution < -0.4 is 0 Å². The van der Waals surface area contributed by atoms with Gasteiger partial charge in [0.25, 0.3) is 0 Å². The van der Waals surface area contributed by atoms with Crippen LogP contribution in [-0.4, -0.2) is 37.1 Å². The van der Waals surface area contributed by atoms with Gasteiger partial charge < -0.3 is 14.6 Å². The molecule has 0 aromatic heterocycles. The molecule has 0 bridgehead atoms. The lowest BCUT2D eigenvalue weighted by Crippen LogP contribution is -2.21. The second kappa shape index (κ2) is 7.19. The van der Waals surface area contributed by atoms with Gasteiger partial charge in [-0.15, -0.1) is 0 Å². The molecule has 70 valence electrons. The van der Waals surface area contributed by atoms with E-state index in [0.717, 1.165) is 0 Å². The SMILES string of the molecule is [CH+]=CCOCC(C)OCC(C)O. The molecule has 0 heterocycles. The first-order chi connectivity index (χ1) is 5.66. The average molecular weight is 173 g/mol. The Hall–Kier alpha value is -0.470. The van der Waals surface area contributed by atoms with Gasteiger partial charge in [-0.1, -0.05) is 0 Å². The average Bonchev–Trinajstić information content (AvgIpc) is 2.01. The summed E-state index contributed by atoms with van der Waals surface area (Å²) >= 11 is 0. The van der Waals surface area contributed by atoms with Crippen molar-refractivity contribution >= 4 is 0 Å². The Kier molecular flexibility index (Phi) is 6.91. The van der Waals surface area contributed by atoms with Crippen LogP contribution in [0.2, 0.25) is 0 Å². The Bertz CT molecular complexity index is 112. The first-order valence-electron chi connectivity index (χ1n) is 4.07. The van der Waals surface area contributed by atoms with Crippen molar-refractivity contribution in [2.75, 3.05) is 19.8 Å². The zero-order valence-electron chi connectivity index (χ0n) is 7.69. The van der Waals surface area contributed by atoms with E-state index in [-0.39, 0.29) is 6.10 Å². The topological polar surface area (TPSA) is 38.7 Å². The molecule has 3 heteroatoms. The van der Waals surface area contributed by atoms with Crippen LogP contribution in [0, 0.1) is 6.58 Å². The number of aliphatic hydroxyl groups is 1. The van der Waals surface area contributed by atoms with Crippen molar-refractivity contribution in [2.24, 2.45) is 0 Å². The van der Waals surface area contributed by atoms with Crippen LogP contribution in [0.15, 0.2) is 6.08 Å². The fourth-order valence-corrected chi connectivity index (χ4v) is 0.654. The summed E-state index contributed by atoms with van der Waals surface area (Å²) in [4.78, 5) is 0. The Balaban J connectivity index is 3.21. The Morgan fingerprint density at radius 1 is 1.42 bits per heavy atom. The fourth-order valence-electron chi connectivity index (χ4n) is 0.654. The van der Waals surface area contributed by atoms with Crippen LogP contribution in [0.25, 0.3) is 0 Å². The highest BCUT2D eigenvalue weighted by Crippen LogP contribution is 1.93. The minimum atomic E-state index is -0.423. The molecule has 2 atom stereocenters. The van der Waals surface area contributed by atoms with Crippen LogP contribution in [0.4, 0.5) is 0 Å². The molecular formula is C9H17O3+. The van der Waals surface area contributed by atoms with Crippen molar-refractivity contribution in [2.45, 2.75) is 26.1 Å². The molecular weight excluding hydrogens is 156 g/mol. The number of rotatable bonds is 7. The molecule has 0 amide bonds. The van der Waals surface area contributed by atoms with Crippen LogP contribution in [-0.2, 0) is 9.47 Å². The van der Waals surface area contributed by atoms with Gasteiger partial charge in [0.2, 0.25) is 6.58 Å². The van der Waals surface area contributed by atoms with Crippen molar-refractivity contribution < 1.29 is 14.6 Å². The molecule has 0 saturated carbocycles. The normalized spacial score (nSPS) is 15.5. The minimum Gasteiger partial charge on any atom is -0.391 e. The lowest BCUT2D eigenvalue weighted by molar-refractivity contribution is -0.0320. The van der Waals surface area contributed by atoms with Crippen molar-refractivity contribution in [3.63, 3.8) is 0 Å². The third-order valence-electron chi connectivity index (χ3n) is 1.19. The van der Waals surface area contributed by atoms with Crippen molar-refractivity contribution in [1.29, 1.82) is 0 Å². The van der Waals surface area contributed by atoms with Gasteiger partial charge in [-0.2, -0.15) is 0 Å². The maximum absolute atomic E-state index is 8.88. The highest BCUT2D eigenvalue weighted by Gasteiger charge is 2.03. The maximum Gasteiger partial charge on any atom is 0.204 e. The van der Waals surface area contributed by atoms with E-state index >= 15 is 0 Å². The Morgan fingerprint density at radius 3 is 2.58 bits per heavy atom. The van der Waals surface area contributed by atoms with Gasteiger partial charge in [-0.25, -0.2) is 0 Å². The molecule has 3 nitrogen and oxygen atoms in total. The quantitative estimate of drug-likeness (QED) is 0.456. The van der Waals surface area contributed by atoms with Crippen molar-refractivity contribution in [1.82, 2.24) is 0 Å². The third-order valence-corrected chi connectivity index (χ3v) is 1.19. The monoisotopic (exact) mass is 173 g/mol. The molecule has 2 unspecified atom stereocenters. The van der Waals surface area contributed by atoms with Crippen molar-refractivity contribution in [3.8, 4) is 0 Å². The molecule has 0 aromatic rings. The molecule has 0 aromatic carbocycles. The third kappa shape index (κ3) is 7.63. The molecule has 0 rings (SSSR count). The fraction of sp³-hybridized carbons (Fsp3) is 0.778. The van der Waals surface area contributed by atoms with Gasteiger partial charge in [0, 0.05) is 0 Å². The van der Waals surface area contributed by atoms with Crippen LogP contribution in [0.3, 0.4) is 0 Å². The van der Waals surface area contributed by atoms with E-state index in [1.54, 1.807) is 6.92 Å². The molecule has 0 aliphatic heterocycles. The van der Waals surface area contributed by atoms with Gasteiger partial charge in [-0.05, 0) is 13.8 Å². The number of hydrogen-bond acceptors (Lipinski definition) is 3. The smallest absolute Gasteiger partial charge is 0.204 e. The molecule has 1 N–H and O–H groups in total. The zero-order valence-corrected chi connectivity index (χ0v) is 7.69. The second-order valence-corrected chi connectivity index (χ2v) is 2.77.